The molecule has 10 heteroatoms. The SMILES string of the molecule is CC(=O)n1cc([C@@H]2C=C(C(=O)Nc3ccc(-c4nc5ccc(C)cc5s4)cc3)O[C@H](OCCOCCO)C2)c2ccccc21. The first-order chi connectivity index (χ1) is 21.4. The predicted molar refractivity (Wildman–Crippen MR) is 171 cm³/mol. The lowest BCUT2D eigenvalue weighted by molar-refractivity contribution is -0.148. The van der Waals surface area contributed by atoms with Crippen molar-refractivity contribution in [3.8, 4) is 10.6 Å². The highest BCUT2D eigenvalue weighted by atomic mass is 32.1. The zero-order chi connectivity index (χ0) is 30.6. The van der Waals surface area contributed by atoms with Crippen LogP contribution in [0.2, 0.25) is 0 Å². The number of aryl methyl sites for hydroxylation is 1. The van der Waals surface area contributed by atoms with Crippen molar-refractivity contribution >= 4 is 50.0 Å². The van der Waals surface area contributed by atoms with Crippen LogP contribution in [-0.4, -0.2) is 59.2 Å². The number of benzene rings is 3. The number of anilines is 1. The summed E-state index contributed by atoms with van der Waals surface area (Å²) in [5.74, 6) is -0.616. The first kappa shape index (κ1) is 29.7. The number of para-hydroxylation sites is 1. The maximum absolute atomic E-state index is 13.5. The summed E-state index contributed by atoms with van der Waals surface area (Å²) in [5.41, 5.74) is 5.45. The number of allylic oxidation sites excluding steroid dienone is 1. The van der Waals surface area contributed by atoms with Crippen LogP contribution in [-0.2, 0) is 19.0 Å². The highest BCUT2D eigenvalue weighted by molar-refractivity contribution is 7.21. The van der Waals surface area contributed by atoms with Crippen LogP contribution in [0, 0.1) is 6.92 Å². The van der Waals surface area contributed by atoms with E-state index < -0.39 is 12.2 Å². The largest absolute Gasteiger partial charge is 0.459 e. The Kier molecular flexibility index (Phi) is 8.85. The van der Waals surface area contributed by atoms with Crippen molar-refractivity contribution in [3.63, 3.8) is 0 Å². The molecule has 3 aromatic carbocycles. The van der Waals surface area contributed by atoms with Gasteiger partial charge < -0.3 is 24.6 Å². The molecule has 0 radical (unpaired) electrons. The van der Waals surface area contributed by atoms with Gasteiger partial charge >= 0.3 is 0 Å². The number of amides is 1. The number of nitrogens with one attached hydrogen (secondary N) is 1. The maximum Gasteiger partial charge on any atom is 0.290 e. The van der Waals surface area contributed by atoms with Crippen molar-refractivity contribution in [2.75, 3.05) is 31.7 Å². The van der Waals surface area contributed by atoms with Gasteiger partial charge in [-0.15, -0.1) is 11.3 Å². The molecular formula is C34H33N3O6S. The molecule has 1 aliphatic heterocycles. The molecular weight excluding hydrogens is 578 g/mol. The highest BCUT2D eigenvalue weighted by Gasteiger charge is 2.31. The van der Waals surface area contributed by atoms with Crippen molar-refractivity contribution in [1.29, 1.82) is 0 Å². The summed E-state index contributed by atoms with van der Waals surface area (Å²) in [6.45, 7) is 4.24. The second-order valence-corrected chi connectivity index (χ2v) is 11.7. The number of ether oxygens (including phenoxy) is 3. The minimum atomic E-state index is -0.715. The molecule has 2 N–H and O–H groups in total. The van der Waals surface area contributed by atoms with Gasteiger partial charge in [0.1, 0.15) is 5.01 Å². The van der Waals surface area contributed by atoms with Crippen LogP contribution in [0.15, 0.2) is 84.8 Å². The number of fused-ring (bicyclic) bond motifs is 2. The molecule has 0 aliphatic carbocycles. The molecule has 0 unspecified atom stereocenters. The average Bonchev–Trinajstić information content (AvgIpc) is 3.63. The number of hydrogen-bond donors (Lipinski definition) is 2. The van der Waals surface area contributed by atoms with Crippen LogP contribution >= 0.6 is 11.3 Å². The van der Waals surface area contributed by atoms with E-state index in [9.17, 15) is 9.59 Å². The molecule has 226 valence electrons. The molecule has 1 amide bonds. The Morgan fingerprint density at radius 2 is 1.91 bits per heavy atom. The molecule has 0 bridgehead atoms. The number of carbonyl (C=O) groups is 2. The van der Waals surface area contributed by atoms with E-state index in [-0.39, 0.29) is 44.0 Å². The zero-order valence-electron chi connectivity index (χ0n) is 24.5. The number of carbonyl (C=O) groups excluding carboxylic acids is 2. The van der Waals surface area contributed by atoms with Gasteiger partial charge in [-0.1, -0.05) is 24.3 Å². The molecule has 2 aromatic heterocycles. The Balaban J connectivity index is 1.23. The van der Waals surface area contributed by atoms with E-state index in [1.807, 2.05) is 60.8 Å². The number of nitrogens with zero attached hydrogens (tertiary/aromatic N) is 2. The Hall–Kier alpha value is -4.35. The highest BCUT2D eigenvalue weighted by Crippen LogP contribution is 2.37. The number of aliphatic hydroxyl groups excluding tert-OH is 1. The van der Waals surface area contributed by atoms with Gasteiger partial charge in [-0.2, -0.15) is 0 Å². The quantitative estimate of drug-likeness (QED) is 0.179. The number of rotatable bonds is 10. The third-order valence-electron chi connectivity index (χ3n) is 7.46. The van der Waals surface area contributed by atoms with Crippen LogP contribution < -0.4 is 5.32 Å². The molecule has 5 aromatic rings. The third kappa shape index (κ3) is 6.44. The molecule has 2 atom stereocenters. The summed E-state index contributed by atoms with van der Waals surface area (Å²) in [6.07, 6.45) is 3.35. The van der Waals surface area contributed by atoms with Gasteiger partial charge in [0.15, 0.2) is 5.76 Å². The van der Waals surface area contributed by atoms with Crippen LogP contribution in [0.1, 0.15) is 35.2 Å². The summed E-state index contributed by atoms with van der Waals surface area (Å²) in [6, 6.07) is 21.5. The first-order valence-corrected chi connectivity index (χ1v) is 15.3. The van der Waals surface area contributed by atoms with Gasteiger partial charge in [0.05, 0.1) is 42.2 Å². The smallest absolute Gasteiger partial charge is 0.290 e. The molecule has 1 aliphatic rings. The Morgan fingerprint density at radius 1 is 1.09 bits per heavy atom. The summed E-state index contributed by atoms with van der Waals surface area (Å²) in [5, 5.41) is 13.7. The standard InChI is InChI=1S/C34H33N3O6S/c1-21-7-12-28-31(17-21)44-34(36-28)23-8-10-25(11-9-23)35-33(40)30-18-24(19-32(43-30)42-16-15-41-14-13-38)27-20-37(22(2)39)29-6-4-3-5-26(27)29/h3-12,17-18,20,24,32,38H,13-16,19H2,1-2H3,(H,35,40)/t24-,32+/m1/s1. The second-order valence-electron chi connectivity index (χ2n) is 10.6. The van der Waals surface area contributed by atoms with Crippen LogP contribution in [0.25, 0.3) is 31.7 Å². The van der Waals surface area contributed by atoms with Crippen molar-refractivity contribution in [2.24, 2.45) is 0 Å². The van der Waals surface area contributed by atoms with Gasteiger partial charge in [-0.3, -0.25) is 14.2 Å². The normalized spacial score (nSPS) is 16.6. The van der Waals surface area contributed by atoms with Crippen molar-refractivity contribution in [3.05, 3.63) is 95.9 Å². The molecule has 6 rings (SSSR count). The first-order valence-electron chi connectivity index (χ1n) is 14.5. The monoisotopic (exact) mass is 611 g/mol. The van der Waals surface area contributed by atoms with Crippen molar-refractivity contribution in [1.82, 2.24) is 9.55 Å². The predicted octanol–water partition coefficient (Wildman–Crippen LogP) is 6.26. The lowest BCUT2D eigenvalue weighted by Crippen LogP contribution is -2.30. The molecule has 0 saturated carbocycles. The lowest BCUT2D eigenvalue weighted by atomic mass is 9.92. The Morgan fingerprint density at radius 3 is 2.70 bits per heavy atom. The maximum atomic E-state index is 13.5. The summed E-state index contributed by atoms with van der Waals surface area (Å²) in [7, 11) is 0. The van der Waals surface area contributed by atoms with Gasteiger partial charge in [0.25, 0.3) is 5.91 Å². The number of thiazole rings is 1. The summed E-state index contributed by atoms with van der Waals surface area (Å²) < 4.78 is 20.0. The summed E-state index contributed by atoms with van der Waals surface area (Å²) >= 11 is 1.63. The van der Waals surface area contributed by atoms with E-state index in [0.717, 1.165) is 37.3 Å². The van der Waals surface area contributed by atoms with E-state index in [1.165, 1.54) is 12.5 Å². The third-order valence-corrected chi connectivity index (χ3v) is 8.53. The fourth-order valence-electron chi connectivity index (χ4n) is 5.35. The fourth-order valence-corrected chi connectivity index (χ4v) is 6.42. The minimum Gasteiger partial charge on any atom is -0.459 e. The van der Waals surface area contributed by atoms with Crippen molar-refractivity contribution < 1.29 is 28.9 Å². The molecule has 9 nitrogen and oxygen atoms in total. The van der Waals surface area contributed by atoms with Crippen LogP contribution in [0.3, 0.4) is 0 Å². The van der Waals surface area contributed by atoms with Crippen molar-refractivity contribution in [2.45, 2.75) is 32.5 Å². The second kappa shape index (κ2) is 13.1. The number of aromatic nitrogens is 2. The number of hydrogen-bond acceptors (Lipinski definition) is 8. The molecule has 3 heterocycles. The van der Waals surface area contributed by atoms with E-state index in [2.05, 4.69) is 24.4 Å². The molecule has 0 spiro atoms. The van der Waals surface area contributed by atoms with Gasteiger partial charge in [-0.25, -0.2) is 4.98 Å². The molecule has 44 heavy (non-hydrogen) atoms. The lowest BCUT2D eigenvalue weighted by Gasteiger charge is -2.29. The van der Waals surface area contributed by atoms with Crippen LogP contribution in [0.4, 0.5) is 5.69 Å². The molecule has 0 fully saturated rings. The topological polar surface area (TPSA) is 112 Å². The fraction of sp³-hybridized carbons (Fsp3) is 0.265. The minimum absolute atomic E-state index is 0.0729. The van der Waals surface area contributed by atoms with Gasteiger partial charge in [0.2, 0.25) is 12.2 Å². The summed E-state index contributed by atoms with van der Waals surface area (Å²) in [4.78, 5) is 30.7. The van der Waals surface area contributed by atoms with Gasteiger partial charge in [-0.05, 0) is 66.6 Å². The van der Waals surface area contributed by atoms with E-state index in [4.69, 9.17) is 24.3 Å². The molecule has 0 saturated heterocycles. The Labute approximate surface area is 258 Å². The van der Waals surface area contributed by atoms with E-state index in [0.29, 0.717) is 12.1 Å². The van der Waals surface area contributed by atoms with Crippen LogP contribution in [0.5, 0.6) is 0 Å². The Bertz CT molecular complexity index is 1840. The zero-order valence-corrected chi connectivity index (χ0v) is 25.3. The van der Waals surface area contributed by atoms with E-state index >= 15 is 0 Å². The van der Waals surface area contributed by atoms with Gasteiger partial charge in [0, 0.05) is 42.1 Å². The van der Waals surface area contributed by atoms with E-state index in [1.54, 1.807) is 22.0 Å². The number of aliphatic hydroxyl groups is 1. The average molecular weight is 612 g/mol.